The van der Waals surface area contributed by atoms with Crippen molar-refractivity contribution in [2.75, 3.05) is 33.4 Å². The topological polar surface area (TPSA) is 155 Å². The summed E-state index contributed by atoms with van der Waals surface area (Å²) < 4.78 is 11.8. The van der Waals surface area contributed by atoms with Gasteiger partial charge in [0.25, 0.3) is 5.91 Å². The van der Waals surface area contributed by atoms with Crippen LogP contribution in [0.5, 0.6) is 11.5 Å². The lowest BCUT2D eigenvalue weighted by Gasteiger charge is -2.27. The molecule has 0 saturated heterocycles. The van der Waals surface area contributed by atoms with Gasteiger partial charge in [-0.2, -0.15) is 0 Å². The predicted molar refractivity (Wildman–Crippen MR) is 189 cm³/mol. The molecule has 3 atom stereocenters. The third-order valence-electron chi connectivity index (χ3n) is 7.85. The van der Waals surface area contributed by atoms with Gasteiger partial charge in [0.1, 0.15) is 36.8 Å². The Labute approximate surface area is 297 Å². The SMILES string of the molecule is CC(C)C[C@H]1NC(=O)C[C@@H](C(=O)NCCOc2ccc(Cl)cc2)NC(=O)c2ccccc2OC[C@@H](Cc2ccccc2)NC(=O)CN(C)C1=O. The van der Waals surface area contributed by atoms with Gasteiger partial charge in [-0.3, -0.25) is 24.0 Å². The van der Waals surface area contributed by atoms with Crippen LogP contribution in [0.2, 0.25) is 5.02 Å². The molecule has 1 aliphatic rings. The second-order valence-corrected chi connectivity index (χ2v) is 13.0. The van der Waals surface area contributed by atoms with Crippen molar-refractivity contribution in [3.63, 3.8) is 0 Å². The standard InChI is InChI=1S/C37H44ClN5O7/c1-24(2)19-31-37(48)43(3)22-34(45)40-27(20-25-9-5-4-6-10-25)23-50-32-12-8-7-11-29(32)35(46)42-30(21-33(44)41-31)36(47)39-17-18-49-28-15-13-26(38)14-16-28/h4-16,24,27,30-31H,17-23H2,1-3H3,(H,39,47)(H,40,45)(H,41,44)(H,42,46)/t27-,30+,31-/m1/s1. The van der Waals surface area contributed by atoms with E-state index < -0.39 is 54.1 Å². The number of nitrogens with one attached hydrogen (secondary N) is 4. The molecule has 50 heavy (non-hydrogen) atoms. The van der Waals surface area contributed by atoms with E-state index in [0.29, 0.717) is 23.6 Å². The van der Waals surface area contributed by atoms with Crippen LogP contribution in [0.3, 0.4) is 0 Å². The van der Waals surface area contributed by atoms with Gasteiger partial charge in [-0.05, 0) is 60.7 Å². The number of carbonyl (C=O) groups excluding carboxylic acids is 5. The first-order chi connectivity index (χ1) is 24.0. The minimum Gasteiger partial charge on any atom is -0.492 e. The number of carbonyl (C=O) groups is 5. The molecule has 0 unspecified atom stereocenters. The molecule has 0 radical (unpaired) electrons. The summed E-state index contributed by atoms with van der Waals surface area (Å²) in [5.41, 5.74) is 1.09. The van der Waals surface area contributed by atoms with Crippen LogP contribution in [0.25, 0.3) is 0 Å². The van der Waals surface area contributed by atoms with Gasteiger partial charge in [0.15, 0.2) is 0 Å². The molecule has 1 aliphatic heterocycles. The summed E-state index contributed by atoms with van der Waals surface area (Å²) in [6, 6.07) is 20.0. The van der Waals surface area contributed by atoms with Crippen LogP contribution in [-0.4, -0.2) is 85.9 Å². The van der Waals surface area contributed by atoms with E-state index in [1.54, 1.807) is 48.5 Å². The van der Waals surface area contributed by atoms with E-state index in [4.69, 9.17) is 21.1 Å². The van der Waals surface area contributed by atoms with Gasteiger partial charge in [-0.25, -0.2) is 0 Å². The van der Waals surface area contributed by atoms with Crippen molar-refractivity contribution >= 4 is 41.1 Å². The number of fused-ring (bicyclic) bond motifs is 1. The number of hydrogen-bond acceptors (Lipinski definition) is 7. The molecule has 12 nitrogen and oxygen atoms in total. The van der Waals surface area contributed by atoms with Crippen LogP contribution < -0.4 is 30.7 Å². The Balaban J connectivity index is 1.58. The zero-order valence-electron chi connectivity index (χ0n) is 28.4. The van der Waals surface area contributed by atoms with Gasteiger partial charge >= 0.3 is 0 Å². The largest absolute Gasteiger partial charge is 0.492 e. The van der Waals surface area contributed by atoms with Gasteiger partial charge in [-0.1, -0.05) is 67.9 Å². The molecule has 0 aromatic heterocycles. The molecular weight excluding hydrogens is 662 g/mol. The fourth-order valence-corrected chi connectivity index (χ4v) is 5.55. The summed E-state index contributed by atoms with van der Waals surface area (Å²) in [6.45, 7) is 3.76. The second kappa shape index (κ2) is 18.6. The number of para-hydroxylation sites is 1. The van der Waals surface area contributed by atoms with Crippen LogP contribution in [0, 0.1) is 5.92 Å². The van der Waals surface area contributed by atoms with E-state index in [1.165, 1.54) is 11.9 Å². The van der Waals surface area contributed by atoms with Gasteiger partial charge in [0, 0.05) is 12.1 Å². The fourth-order valence-electron chi connectivity index (χ4n) is 5.43. The molecule has 13 heteroatoms. The van der Waals surface area contributed by atoms with Crippen molar-refractivity contribution in [3.05, 3.63) is 95.0 Å². The molecule has 4 rings (SSSR count). The Kier molecular flexibility index (Phi) is 14.0. The molecule has 3 aromatic rings. The van der Waals surface area contributed by atoms with E-state index in [0.717, 1.165) is 5.56 Å². The molecular formula is C37H44ClN5O7. The number of nitrogens with zero attached hydrogens (tertiary/aromatic N) is 1. The van der Waals surface area contributed by atoms with Crippen LogP contribution in [0.4, 0.5) is 0 Å². The Hall–Kier alpha value is -5.10. The van der Waals surface area contributed by atoms with Crippen molar-refractivity contribution in [2.45, 2.75) is 51.2 Å². The van der Waals surface area contributed by atoms with E-state index in [2.05, 4.69) is 21.3 Å². The average Bonchev–Trinajstić information content (AvgIpc) is 3.08. The highest BCUT2D eigenvalue weighted by Crippen LogP contribution is 2.20. The van der Waals surface area contributed by atoms with Gasteiger partial charge in [-0.15, -0.1) is 0 Å². The number of rotatable bonds is 9. The molecule has 0 aliphatic carbocycles. The molecule has 0 fully saturated rings. The van der Waals surface area contributed by atoms with Crippen LogP contribution >= 0.6 is 11.6 Å². The lowest BCUT2D eigenvalue weighted by atomic mass is 10.0. The molecule has 266 valence electrons. The first kappa shape index (κ1) is 37.7. The van der Waals surface area contributed by atoms with Gasteiger partial charge < -0.3 is 35.6 Å². The molecule has 1 heterocycles. The Morgan fingerprint density at radius 2 is 1.64 bits per heavy atom. The monoisotopic (exact) mass is 705 g/mol. The maximum absolute atomic E-state index is 13.7. The normalized spacial score (nSPS) is 19.3. The van der Waals surface area contributed by atoms with Crippen LogP contribution in [-0.2, 0) is 25.6 Å². The summed E-state index contributed by atoms with van der Waals surface area (Å²) in [5.74, 6) is -1.96. The highest BCUT2D eigenvalue weighted by Gasteiger charge is 2.31. The van der Waals surface area contributed by atoms with Crippen LogP contribution in [0.15, 0.2) is 78.9 Å². The number of amides is 5. The molecule has 0 spiro atoms. The zero-order valence-corrected chi connectivity index (χ0v) is 29.2. The third-order valence-corrected chi connectivity index (χ3v) is 8.11. The number of likely N-dealkylation sites (N-methyl/N-ethyl adjacent to an activating group) is 1. The van der Waals surface area contributed by atoms with Crippen LogP contribution in [0.1, 0.15) is 42.6 Å². The highest BCUT2D eigenvalue weighted by molar-refractivity contribution is 6.30. The number of benzene rings is 3. The average molecular weight is 706 g/mol. The summed E-state index contributed by atoms with van der Waals surface area (Å²) >= 11 is 5.93. The summed E-state index contributed by atoms with van der Waals surface area (Å²) in [6.07, 6.45) is 0.262. The molecule has 4 N–H and O–H groups in total. The maximum atomic E-state index is 13.7. The Bertz CT molecular complexity index is 1620. The predicted octanol–water partition coefficient (Wildman–Crippen LogP) is 3.13. The quantitative estimate of drug-likeness (QED) is 0.250. The zero-order chi connectivity index (χ0) is 36.0. The summed E-state index contributed by atoms with van der Waals surface area (Å²) in [4.78, 5) is 68.6. The van der Waals surface area contributed by atoms with E-state index in [1.807, 2.05) is 44.2 Å². The molecule has 3 aromatic carbocycles. The second-order valence-electron chi connectivity index (χ2n) is 12.5. The van der Waals surface area contributed by atoms with Crippen molar-refractivity contribution in [1.82, 2.24) is 26.2 Å². The third kappa shape index (κ3) is 11.8. The van der Waals surface area contributed by atoms with Crippen molar-refractivity contribution in [2.24, 2.45) is 5.92 Å². The Morgan fingerprint density at radius 3 is 2.36 bits per heavy atom. The maximum Gasteiger partial charge on any atom is 0.255 e. The first-order valence-corrected chi connectivity index (χ1v) is 16.9. The minimum atomic E-state index is -1.30. The number of halogens is 1. The van der Waals surface area contributed by atoms with Crippen molar-refractivity contribution in [3.8, 4) is 11.5 Å². The van der Waals surface area contributed by atoms with E-state index >= 15 is 0 Å². The van der Waals surface area contributed by atoms with Gasteiger partial charge in [0.05, 0.1) is 31.1 Å². The number of ether oxygens (including phenoxy) is 2. The van der Waals surface area contributed by atoms with Crippen molar-refractivity contribution < 1.29 is 33.4 Å². The molecule has 0 saturated carbocycles. The summed E-state index contributed by atoms with van der Waals surface area (Å²) in [7, 11) is 1.50. The lowest BCUT2D eigenvalue weighted by Crippen LogP contribution is -2.53. The number of hydrogen-bond donors (Lipinski definition) is 4. The minimum absolute atomic E-state index is 0.0101. The fraction of sp³-hybridized carbons (Fsp3) is 0.378. The highest BCUT2D eigenvalue weighted by atomic mass is 35.5. The summed E-state index contributed by atoms with van der Waals surface area (Å²) in [5, 5.41) is 11.7. The molecule has 5 amide bonds. The van der Waals surface area contributed by atoms with Crippen molar-refractivity contribution in [1.29, 1.82) is 0 Å². The van der Waals surface area contributed by atoms with Gasteiger partial charge in [0.2, 0.25) is 23.6 Å². The molecule has 0 bridgehead atoms. The first-order valence-electron chi connectivity index (χ1n) is 16.5. The van der Waals surface area contributed by atoms with E-state index in [9.17, 15) is 24.0 Å². The Morgan fingerprint density at radius 1 is 0.940 bits per heavy atom. The smallest absolute Gasteiger partial charge is 0.255 e. The lowest BCUT2D eigenvalue weighted by molar-refractivity contribution is -0.139. The van der Waals surface area contributed by atoms with E-state index in [-0.39, 0.29) is 43.5 Å².